The molecule has 0 aliphatic heterocycles. The van der Waals surface area contributed by atoms with Crippen LogP contribution >= 0.6 is 22.9 Å². The highest BCUT2D eigenvalue weighted by Crippen LogP contribution is 2.36. The first-order valence-electron chi connectivity index (χ1n) is 5.55. The second-order valence-corrected chi connectivity index (χ2v) is 5.08. The van der Waals surface area contributed by atoms with Crippen LogP contribution in [0.4, 0.5) is 0 Å². The summed E-state index contributed by atoms with van der Waals surface area (Å²) in [4.78, 5) is 12.2. The molecule has 0 atom stereocenters. The van der Waals surface area contributed by atoms with Gasteiger partial charge in [-0.05, 0) is 25.0 Å². The zero-order valence-corrected chi connectivity index (χ0v) is 11.3. The SMILES string of the molecule is CCOC(=O)c1sc2cc(CC)ccc2c1Cl. The van der Waals surface area contributed by atoms with Crippen molar-refractivity contribution in [1.29, 1.82) is 0 Å². The lowest BCUT2D eigenvalue weighted by Gasteiger charge is -1.98. The molecule has 0 amide bonds. The molecule has 1 aromatic carbocycles. The minimum absolute atomic E-state index is 0.336. The highest BCUT2D eigenvalue weighted by molar-refractivity contribution is 7.21. The largest absolute Gasteiger partial charge is 0.462 e. The van der Waals surface area contributed by atoms with Gasteiger partial charge in [-0.25, -0.2) is 4.79 Å². The zero-order valence-electron chi connectivity index (χ0n) is 9.75. The number of benzene rings is 1. The number of thiophene rings is 1. The fraction of sp³-hybridized carbons (Fsp3) is 0.308. The van der Waals surface area contributed by atoms with Gasteiger partial charge in [-0.15, -0.1) is 11.3 Å². The molecule has 0 fully saturated rings. The average molecular weight is 269 g/mol. The molecule has 0 aliphatic rings. The van der Waals surface area contributed by atoms with Crippen molar-refractivity contribution in [2.45, 2.75) is 20.3 Å². The van der Waals surface area contributed by atoms with Gasteiger partial charge < -0.3 is 4.74 Å². The van der Waals surface area contributed by atoms with Crippen LogP contribution in [0.3, 0.4) is 0 Å². The van der Waals surface area contributed by atoms with E-state index in [2.05, 4.69) is 13.0 Å². The lowest BCUT2D eigenvalue weighted by atomic mass is 10.1. The summed E-state index contributed by atoms with van der Waals surface area (Å²) in [6.07, 6.45) is 0.972. The van der Waals surface area contributed by atoms with E-state index in [1.165, 1.54) is 16.9 Å². The lowest BCUT2D eigenvalue weighted by molar-refractivity contribution is 0.0532. The second kappa shape index (κ2) is 5.07. The molecule has 2 aromatic rings. The van der Waals surface area contributed by atoms with Crippen LogP contribution in [0, 0.1) is 0 Å². The third kappa shape index (κ3) is 2.31. The van der Waals surface area contributed by atoms with Gasteiger partial charge >= 0.3 is 5.97 Å². The molecule has 2 nitrogen and oxygen atoms in total. The Hall–Kier alpha value is -1.06. The maximum absolute atomic E-state index is 11.7. The number of halogens is 1. The van der Waals surface area contributed by atoms with Gasteiger partial charge in [-0.1, -0.05) is 30.7 Å². The third-order valence-corrected chi connectivity index (χ3v) is 4.20. The molecule has 0 radical (unpaired) electrons. The van der Waals surface area contributed by atoms with Crippen molar-refractivity contribution in [2.75, 3.05) is 6.61 Å². The number of aryl methyl sites for hydroxylation is 1. The number of rotatable bonds is 3. The highest BCUT2D eigenvalue weighted by Gasteiger charge is 2.17. The number of hydrogen-bond donors (Lipinski definition) is 0. The van der Waals surface area contributed by atoms with E-state index in [1.54, 1.807) is 6.92 Å². The monoisotopic (exact) mass is 268 g/mol. The maximum atomic E-state index is 11.7. The number of carbonyl (C=O) groups is 1. The Morgan fingerprint density at radius 2 is 2.18 bits per heavy atom. The Morgan fingerprint density at radius 3 is 2.82 bits per heavy atom. The van der Waals surface area contributed by atoms with Crippen molar-refractivity contribution in [2.24, 2.45) is 0 Å². The van der Waals surface area contributed by atoms with E-state index in [9.17, 15) is 4.79 Å². The van der Waals surface area contributed by atoms with Gasteiger partial charge in [0.15, 0.2) is 0 Å². The first-order chi connectivity index (χ1) is 8.17. The van der Waals surface area contributed by atoms with Crippen LogP contribution in [-0.4, -0.2) is 12.6 Å². The van der Waals surface area contributed by atoms with Gasteiger partial charge in [-0.3, -0.25) is 0 Å². The van der Waals surface area contributed by atoms with Crippen molar-refractivity contribution in [3.8, 4) is 0 Å². The van der Waals surface area contributed by atoms with Crippen LogP contribution in [0.2, 0.25) is 5.02 Å². The van der Waals surface area contributed by atoms with Crippen molar-refractivity contribution in [3.63, 3.8) is 0 Å². The molecule has 0 N–H and O–H groups in total. The number of hydrogen-bond acceptors (Lipinski definition) is 3. The van der Waals surface area contributed by atoms with Crippen molar-refractivity contribution in [1.82, 2.24) is 0 Å². The van der Waals surface area contributed by atoms with E-state index < -0.39 is 0 Å². The molecule has 0 bridgehead atoms. The molecule has 0 saturated carbocycles. The van der Waals surface area contributed by atoms with Crippen molar-refractivity contribution >= 4 is 39.0 Å². The van der Waals surface area contributed by atoms with E-state index in [-0.39, 0.29) is 5.97 Å². The van der Waals surface area contributed by atoms with Crippen LogP contribution in [0.15, 0.2) is 18.2 Å². The summed E-state index contributed by atoms with van der Waals surface area (Å²) in [7, 11) is 0. The summed E-state index contributed by atoms with van der Waals surface area (Å²) in [5, 5.41) is 1.43. The Morgan fingerprint density at radius 1 is 1.41 bits per heavy atom. The zero-order chi connectivity index (χ0) is 12.4. The molecule has 1 aromatic heterocycles. The lowest BCUT2D eigenvalue weighted by Crippen LogP contribution is -2.02. The summed E-state index contributed by atoms with van der Waals surface area (Å²) >= 11 is 7.59. The first kappa shape index (κ1) is 12.4. The molecule has 90 valence electrons. The molecule has 0 spiro atoms. The van der Waals surface area contributed by atoms with Gasteiger partial charge in [0.05, 0.1) is 11.6 Å². The average Bonchev–Trinajstić information content (AvgIpc) is 2.66. The predicted molar refractivity (Wildman–Crippen MR) is 72.2 cm³/mol. The van der Waals surface area contributed by atoms with Crippen LogP contribution in [-0.2, 0) is 11.2 Å². The molecule has 4 heteroatoms. The molecule has 0 saturated heterocycles. The van der Waals surface area contributed by atoms with E-state index in [0.717, 1.165) is 16.5 Å². The molecular weight excluding hydrogens is 256 g/mol. The summed E-state index contributed by atoms with van der Waals surface area (Å²) in [6, 6.07) is 6.08. The van der Waals surface area contributed by atoms with E-state index >= 15 is 0 Å². The fourth-order valence-electron chi connectivity index (χ4n) is 1.66. The number of carbonyl (C=O) groups excluding carboxylic acids is 1. The standard InChI is InChI=1S/C13H13ClO2S/c1-3-8-5-6-9-10(7-8)17-12(11(9)14)13(15)16-4-2/h5-7H,3-4H2,1-2H3. The summed E-state index contributed by atoms with van der Waals surface area (Å²) in [6.45, 7) is 4.25. The first-order valence-corrected chi connectivity index (χ1v) is 6.74. The van der Waals surface area contributed by atoms with Crippen LogP contribution in [0.25, 0.3) is 10.1 Å². The molecule has 2 rings (SSSR count). The quantitative estimate of drug-likeness (QED) is 0.776. The number of fused-ring (bicyclic) bond motifs is 1. The van der Waals surface area contributed by atoms with Gasteiger partial charge in [0.1, 0.15) is 4.88 Å². The van der Waals surface area contributed by atoms with Gasteiger partial charge in [0.2, 0.25) is 0 Å². The van der Waals surface area contributed by atoms with E-state index in [0.29, 0.717) is 16.5 Å². The molecular formula is C13H13ClO2S. The molecule has 0 unspecified atom stereocenters. The van der Waals surface area contributed by atoms with Crippen LogP contribution in [0.1, 0.15) is 29.1 Å². The van der Waals surface area contributed by atoms with E-state index in [1.807, 2.05) is 12.1 Å². The molecule has 1 heterocycles. The van der Waals surface area contributed by atoms with E-state index in [4.69, 9.17) is 16.3 Å². The predicted octanol–water partition coefficient (Wildman–Crippen LogP) is 4.29. The highest BCUT2D eigenvalue weighted by atomic mass is 35.5. The smallest absolute Gasteiger partial charge is 0.349 e. The number of ether oxygens (including phenoxy) is 1. The van der Waals surface area contributed by atoms with Gasteiger partial charge in [0, 0.05) is 10.1 Å². The van der Waals surface area contributed by atoms with Crippen molar-refractivity contribution < 1.29 is 9.53 Å². The Kier molecular flexibility index (Phi) is 3.69. The maximum Gasteiger partial charge on any atom is 0.349 e. The number of esters is 1. The Labute approximate surface area is 109 Å². The normalized spacial score (nSPS) is 10.8. The Balaban J connectivity index is 2.52. The summed E-state index contributed by atoms with van der Waals surface area (Å²) in [5.74, 6) is -0.336. The minimum Gasteiger partial charge on any atom is -0.462 e. The summed E-state index contributed by atoms with van der Waals surface area (Å²) in [5.41, 5.74) is 1.24. The van der Waals surface area contributed by atoms with Crippen LogP contribution in [0.5, 0.6) is 0 Å². The second-order valence-electron chi connectivity index (χ2n) is 3.65. The fourth-order valence-corrected chi connectivity index (χ4v) is 3.12. The van der Waals surface area contributed by atoms with Gasteiger partial charge in [0.25, 0.3) is 0 Å². The minimum atomic E-state index is -0.336. The van der Waals surface area contributed by atoms with Crippen molar-refractivity contribution in [3.05, 3.63) is 33.7 Å². The Bertz CT molecular complexity index is 560. The van der Waals surface area contributed by atoms with Crippen LogP contribution < -0.4 is 0 Å². The molecule has 0 aliphatic carbocycles. The summed E-state index contributed by atoms with van der Waals surface area (Å²) < 4.78 is 6.02. The topological polar surface area (TPSA) is 26.3 Å². The van der Waals surface area contributed by atoms with Gasteiger partial charge in [-0.2, -0.15) is 0 Å². The molecule has 17 heavy (non-hydrogen) atoms. The third-order valence-electron chi connectivity index (χ3n) is 2.56.